The van der Waals surface area contributed by atoms with Gasteiger partial charge < -0.3 is 5.32 Å². The van der Waals surface area contributed by atoms with Crippen molar-refractivity contribution in [2.75, 3.05) is 13.6 Å². The summed E-state index contributed by atoms with van der Waals surface area (Å²) in [5, 5.41) is 3.66. The molecule has 0 radical (unpaired) electrons. The number of rotatable bonds is 4. The molecule has 0 bridgehead atoms. The molecule has 0 heterocycles. The van der Waals surface area contributed by atoms with Gasteiger partial charge in [-0.15, -0.1) is 0 Å². The van der Waals surface area contributed by atoms with Gasteiger partial charge in [-0.25, -0.2) is 0 Å². The zero-order valence-corrected chi connectivity index (χ0v) is 9.63. The monoisotopic (exact) mass is 196 g/mol. The average molecular weight is 196 g/mol. The Balaban J connectivity index is 1.90. The summed E-state index contributed by atoms with van der Waals surface area (Å²) in [4.78, 5) is 2.65. The van der Waals surface area contributed by atoms with Crippen LogP contribution in [0.5, 0.6) is 0 Å². The van der Waals surface area contributed by atoms with Gasteiger partial charge in [0.25, 0.3) is 0 Å². The van der Waals surface area contributed by atoms with E-state index < -0.39 is 0 Å². The molecule has 0 aromatic carbocycles. The fraction of sp³-hybridized carbons (Fsp3) is 1.00. The van der Waals surface area contributed by atoms with E-state index in [2.05, 4.69) is 24.2 Å². The van der Waals surface area contributed by atoms with Crippen molar-refractivity contribution in [3.8, 4) is 0 Å². The van der Waals surface area contributed by atoms with E-state index >= 15 is 0 Å². The Hall–Kier alpha value is -0.0800. The molecule has 2 saturated carbocycles. The highest BCUT2D eigenvalue weighted by Crippen LogP contribution is 2.32. The van der Waals surface area contributed by atoms with Crippen molar-refractivity contribution < 1.29 is 0 Å². The topological polar surface area (TPSA) is 15.3 Å². The third kappa shape index (κ3) is 2.29. The van der Waals surface area contributed by atoms with Gasteiger partial charge in [0.15, 0.2) is 0 Å². The van der Waals surface area contributed by atoms with Crippen LogP contribution >= 0.6 is 0 Å². The maximum Gasteiger partial charge on any atom is 0.0249 e. The normalized spacial score (nSPS) is 33.6. The first-order valence-corrected chi connectivity index (χ1v) is 6.28. The lowest BCUT2D eigenvalue weighted by atomic mass is 9.89. The number of nitrogens with one attached hydrogen (secondary N) is 1. The Labute approximate surface area is 88.1 Å². The van der Waals surface area contributed by atoms with Crippen LogP contribution in [0, 0.1) is 0 Å². The highest BCUT2D eigenvalue weighted by Gasteiger charge is 2.35. The van der Waals surface area contributed by atoms with Crippen LogP contribution in [-0.2, 0) is 0 Å². The van der Waals surface area contributed by atoms with Crippen molar-refractivity contribution in [1.29, 1.82) is 0 Å². The predicted octanol–water partition coefficient (Wildman–Crippen LogP) is 2.00. The summed E-state index contributed by atoms with van der Waals surface area (Å²) in [5.41, 5.74) is 0. The minimum Gasteiger partial charge on any atom is -0.313 e. The summed E-state index contributed by atoms with van der Waals surface area (Å²) in [6.45, 7) is 3.35. The standard InChI is InChI=1S/C12H24N2/c1-3-13-11-6-4-5-7-12(11)14(2)10-8-9-10/h10-13H,3-9H2,1-2H3/t11-,12-/m0/s1. The number of nitrogens with zero attached hydrogens (tertiary/aromatic N) is 1. The molecule has 2 rings (SSSR count). The summed E-state index contributed by atoms with van der Waals surface area (Å²) in [5.74, 6) is 0. The predicted molar refractivity (Wildman–Crippen MR) is 60.5 cm³/mol. The number of hydrogen-bond donors (Lipinski definition) is 1. The molecule has 0 aliphatic heterocycles. The van der Waals surface area contributed by atoms with Crippen LogP contribution in [0.2, 0.25) is 0 Å². The van der Waals surface area contributed by atoms with E-state index in [9.17, 15) is 0 Å². The lowest BCUT2D eigenvalue weighted by Crippen LogP contribution is -2.51. The maximum absolute atomic E-state index is 3.66. The van der Waals surface area contributed by atoms with Crippen molar-refractivity contribution in [1.82, 2.24) is 10.2 Å². The second-order valence-corrected chi connectivity index (χ2v) is 4.91. The summed E-state index contributed by atoms with van der Waals surface area (Å²) < 4.78 is 0. The second kappa shape index (κ2) is 4.63. The molecule has 0 spiro atoms. The Morgan fingerprint density at radius 1 is 1.14 bits per heavy atom. The Morgan fingerprint density at radius 3 is 2.50 bits per heavy atom. The maximum atomic E-state index is 3.66. The molecule has 2 heteroatoms. The van der Waals surface area contributed by atoms with E-state index in [4.69, 9.17) is 0 Å². The van der Waals surface area contributed by atoms with Gasteiger partial charge in [0, 0.05) is 18.1 Å². The van der Waals surface area contributed by atoms with Gasteiger partial charge in [0.05, 0.1) is 0 Å². The molecular weight excluding hydrogens is 172 g/mol. The zero-order chi connectivity index (χ0) is 9.97. The smallest absolute Gasteiger partial charge is 0.0249 e. The minimum absolute atomic E-state index is 0.763. The van der Waals surface area contributed by atoms with Crippen LogP contribution in [0.4, 0.5) is 0 Å². The van der Waals surface area contributed by atoms with E-state index in [1.54, 1.807) is 0 Å². The first-order chi connectivity index (χ1) is 6.83. The van der Waals surface area contributed by atoms with Crippen molar-refractivity contribution in [3.63, 3.8) is 0 Å². The van der Waals surface area contributed by atoms with Crippen LogP contribution in [0.15, 0.2) is 0 Å². The first kappa shape index (κ1) is 10.4. The van der Waals surface area contributed by atoms with Gasteiger partial charge in [0.2, 0.25) is 0 Å². The summed E-state index contributed by atoms with van der Waals surface area (Å²) in [6.07, 6.45) is 8.52. The van der Waals surface area contributed by atoms with Gasteiger partial charge in [-0.1, -0.05) is 19.8 Å². The quantitative estimate of drug-likeness (QED) is 0.740. The fourth-order valence-electron chi connectivity index (χ4n) is 2.85. The van der Waals surface area contributed by atoms with Crippen molar-refractivity contribution >= 4 is 0 Å². The van der Waals surface area contributed by atoms with Crippen LogP contribution in [0.25, 0.3) is 0 Å². The van der Waals surface area contributed by atoms with Crippen molar-refractivity contribution in [2.45, 2.75) is 63.6 Å². The average Bonchev–Trinajstić information content (AvgIpc) is 3.01. The molecule has 2 atom stereocenters. The highest BCUT2D eigenvalue weighted by atomic mass is 15.2. The van der Waals surface area contributed by atoms with E-state index in [0.717, 1.165) is 24.7 Å². The summed E-state index contributed by atoms with van der Waals surface area (Å²) in [7, 11) is 2.33. The minimum atomic E-state index is 0.763. The zero-order valence-electron chi connectivity index (χ0n) is 9.63. The Kier molecular flexibility index (Phi) is 3.45. The van der Waals surface area contributed by atoms with Gasteiger partial charge >= 0.3 is 0 Å². The van der Waals surface area contributed by atoms with Gasteiger partial charge in [0.1, 0.15) is 0 Å². The second-order valence-electron chi connectivity index (χ2n) is 4.91. The molecule has 2 fully saturated rings. The van der Waals surface area contributed by atoms with Crippen LogP contribution in [0.1, 0.15) is 45.4 Å². The highest BCUT2D eigenvalue weighted by molar-refractivity contribution is 4.93. The van der Waals surface area contributed by atoms with E-state index in [1.807, 2.05) is 0 Å². The van der Waals surface area contributed by atoms with E-state index in [0.29, 0.717) is 0 Å². The molecule has 1 N–H and O–H groups in total. The molecular formula is C12H24N2. The summed E-state index contributed by atoms with van der Waals surface area (Å²) >= 11 is 0. The molecule has 0 amide bonds. The van der Waals surface area contributed by atoms with Gasteiger partial charge in [-0.3, -0.25) is 4.90 Å². The number of hydrogen-bond acceptors (Lipinski definition) is 2. The van der Waals surface area contributed by atoms with Crippen molar-refractivity contribution in [2.24, 2.45) is 0 Å². The SMILES string of the molecule is CCN[C@H]1CCCC[C@@H]1N(C)C1CC1. The Bertz CT molecular complexity index is 175. The molecule has 0 aromatic rings. The molecule has 2 aliphatic rings. The lowest BCUT2D eigenvalue weighted by molar-refractivity contribution is 0.143. The Morgan fingerprint density at radius 2 is 1.86 bits per heavy atom. The molecule has 0 aromatic heterocycles. The summed E-state index contributed by atoms with van der Waals surface area (Å²) in [6, 6.07) is 2.50. The van der Waals surface area contributed by atoms with Crippen LogP contribution in [0.3, 0.4) is 0 Å². The van der Waals surface area contributed by atoms with Crippen LogP contribution in [-0.4, -0.2) is 36.6 Å². The molecule has 14 heavy (non-hydrogen) atoms. The van der Waals surface area contributed by atoms with E-state index in [1.165, 1.54) is 38.5 Å². The fourth-order valence-corrected chi connectivity index (χ4v) is 2.85. The third-order valence-corrected chi connectivity index (χ3v) is 3.84. The van der Waals surface area contributed by atoms with E-state index in [-0.39, 0.29) is 0 Å². The largest absolute Gasteiger partial charge is 0.313 e. The van der Waals surface area contributed by atoms with Gasteiger partial charge in [-0.05, 0) is 39.3 Å². The number of likely N-dealkylation sites (N-methyl/N-ethyl adjacent to an activating group) is 2. The molecule has 2 aliphatic carbocycles. The first-order valence-electron chi connectivity index (χ1n) is 6.28. The third-order valence-electron chi connectivity index (χ3n) is 3.84. The van der Waals surface area contributed by atoms with Crippen molar-refractivity contribution in [3.05, 3.63) is 0 Å². The lowest BCUT2D eigenvalue weighted by Gasteiger charge is -2.38. The molecule has 0 unspecified atom stereocenters. The van der Waals surface area contributed by atoms with Crippen LogP contribution < -0.4 is 5.32 Å². The molecule has 2 nitrogen and oxygen atoms in total. The molecule has 82 valence electrons. The molecule has 0 saturated heterocycles. The van der Waals surface area contributed by atoms with Gasteiger partial charge in [-0.2, -0.15) is 0 Å².